The van der Waals surface area contributed by atoms with Crippen LogP contribution in [-0.2, 0) is 6.54 Å². The number of aryl methyl sites for hydroxylation is 1. The van der Waals surface area contributed by atoms with Crippen LogP contribution in [0.15, 0.2) is 45.8 Å². The monoisotopic (exact) mass is 284 g/mol. The molecule has 1 aromatic carbocycles. The molecule has 0 radical (unpaired) electrons. The van der Waals surface area contributed by atoms with Crippen LogP contribution in [0.25, 0.3) is 11.0 Å². The zero-order chi connectivity index (χ0) is 15.0. The molecule has 0 fully saturated rings. The standard InChI is InChI=1S/C15H12N2O4/c1-9-14(18)17(13-5-3-2-4-12(13)16-9)7-11-6-10(8-21-11)15(19)20/h2-6,8H,7H2,1H3,(H,19,20). The Balaban J connectivity index is 2.12. The van der Waals surface area contributed by atoms with Gasteiger partial charge in [0, 0.05) is 0 Å². The van der Waals surface area contributed by atoms with E-state index in [-0.39, 0.29) is 17.7 Å². The Labute approximate surface area is 119 Å². The quantitative estimate of drug-likeness (QED) is 0.795. The molecule has 0 aliphatic rings. The Morgan fingerprint density at radius 1 is 1.38 bits per heavy atom. The third-order valence-corrected chi connectivity index (χ3v) is 3.23. The highest BCUT2D eigenvalue weighted by atomic mass is 16.4. The first-order valence-electron chi connectivity index (χ1n) is 6.33. The van der Waals surface area contributed by atoms with Crippen molar-refractivity contribution in [1.82, 2.24) is 9.55 Å². The summed E-state index contributed by atoms with van der Waals surface area (Å²) in [6, 6.07) is 8.70. The van der Waals surface area contributed by atoms with E-state index < -0.39 is 5.97 Å². The molecule has 3 rings (SSSR count). The third-order valence-electron chi connectivity index (χ3n) is 3.23. The van der Waals surface area contributed by atoms with Crippen molar-refractivity contribution in [2.75, 3.05) is 0 Å². The third kappa shape index (κ3) is 2.31. The van der Waals surface area contributed by atoms with Crippen molar-refractivity contribution >= 4 is 17.0 Å². The smallest absolute Gasteiger partial charge is 0.338 e. The Hall–Kier alpha value is -2.89. The van der Waals surface area contributed by atoms with Gasteiger partial charge >= 0.3 is 5.97 Å². The van der Waals surface area contributed by atoms with E-state index in [1.807, 2.05) is 18.2 Å². The molecule has 106 valence electrons. The predicted molar refractivity (Wildman–Crippen MR) is 75.5 cm³/mol. The second kappa shape index (κ2) is 4.90. The summed E-state index contributed by atoms with van der Waals surface area (Å²) in [7, 11) is 0. The largest absolute Gasteiger partial charge is 0.478 e. The summed E-state index contributed by atoms with van der Waals surface area (Å²) in [5.74, 6) is -0.654. The van der Waals surface area contributed by atoms with E-state index in [1.165, 1.54) is 16.9 Å². The number of carboxylic acid groups (broad SMARTS) is 1. The predicted octanol–water partition coefficient (Wildman–Crippen LogP) is 2.04. The summed E-state index contributed by atoms with van der Waals surface area (Å²) in [5.41, 5.74) is 1.62. The lowest BCUT2D eigenvalue weighted by Gasteiger charge is -2.09. The number of aromatic nitrogens is 2. The number of benzene rings is 1. The molecule has 0 aliphatic heterocycles. The van der Waals surface area contributed by atoms with Crippen LogP contribution in [0.2, 0.25) is 0 Å². The molecular formula is C15H12N2O4. The van der Waals surface area contributed by atoms with Crippen molar-refractivity contribution in [3.63, 3.8) is 0 Å². The number of furan rings is 1. The molecule has 6 heteroatoms. The Kier molecular flexibility index (Phi) is 3.06. The molecular weight excluding hydrogens is 272 g/mol. The number of hydrogen-bond acceptors (Lipinski definition) is 4. The van der Waals surface area contributed by atoms with Crippen LogP contribution in [0.4, 0.5) is 0 Å². The minimum atomic E-state index is -1.06. The van der Waals surface area contributed by atoms with E-state index in [2.05, 4.69) is 4.98 Å². The lowest BCUT2D eigenvalue weighted by Crippen LogP contribution is -2.24. The zero-order valence-corrected chi connectivity index (χ0v) is 11.2. The van der Waals surface area contributed by atoms with Gasteiger partial charge in [-0.2, -0.15) is 0 Å². The van der Waals surface area contributed by atoms with E-state index in [1.54, 1.807) is 13.0 Å². The normalized spacial score (nSPS) is 10.9. The van der Waals surface area contributed by atoms with Crippen molar-refractivity contribution in [3.05, 3.63) is 64.0 Å². The molecule has 2 aromatic heterocycles. The molecule has 0 saturated carbocycles. The van der Waals surface area contributed by atoms with E-state index in [0.29, 0.717) is 22.5 Å². The van der Waals surface area contributed by atoms with Crippen molar-refractivity contribution in [1.29, 1.82) is 0 Å². The zero-order valence-electron chi connectivity index (χ0n) is 11.2. The van der Waals surface area contributed by atoms with Gasteiger partial charge in [-0.25, -0.2) is 9.78 Å². The first kappa shape index (κ1) is 13.1. The van der Waals surface area contributed by atoms with Gasteiger partial charge < -0.3 is 9.52 Å². The van der Waals surface area contributed by atoms with Gasteiger partial charge in [-0.3, -0.25) is 9.36 Å². The molecule has 0 aliphatic carbocycles. The summed E-state index contributed by atoms with van der Waals surface area (Å²) in [6.07, 6.45) is 1.17. The Morgan fingerprint density at radius 2 is 2.14 bits per heavy atom. The number of para-hydroxylation sites is 2. The van der Waals surface area contributed by atoms with Crippen LogP contribution in [-0.4, -0.2) is 20.6 Å². The van der Waals surface area contributed by atoms with Gasteiger partial charge in [-0.15, -0.1) is 0 Å². The van der Waals surface area contributed by atoms with Crippen LogP contribution in [0, 0.1) is 6.92 Å². The molecule has 2 heterocycles. The van der Waals surface area contributed by atoms with Gasteiger partial charge in [0.1, 0.15) is 17.7 Å². The van der Waals surface area contributed by atoms with Gasteiger partial charge in [0.25, 0.3) is 5.56 Å². The fourth-order valence-electron chi connectivity index (χ4n) is 2.21. The van der Waals surface area contributed by atoms with E-state index in [0.717, 1.165) is 0 Å². The fraction of sp³-hybridized carbons (Fsp3) is 0.133. The van der Waals surface area contributed by atoms with Crippen molar-refractivity contribution in [2.24, 2.45) is 0 Å². The minimum Gasteiger partial charge on any atom is -0.478 e. The summed E-state index contributed by atoms with van der Waals surface area (Å²) >= 11 is 0. The van der Waals surface area contributed by atoms with Crippen LogP contribution in [0.5, 0.6) is 0 Å². The van der Waals surface area contributed by atoms with E-state index in [4.69, 9.17) is 9.52 Å². The number of hydrogen-bond donors (Lipinski definition) is 1. The van der Waals surface area contributed by atoms with Crippen LogP contribution in [0.3, 0.4) is 0 Å². The van der Waals surface area contributed by atoms with Crippen molar-refractivity contribution < 1.29 is 14.3 Å². The lowest BCUT2D eigenvalue weighted by molar-refractivity contribution is 0.0696. The van der Waals surface area contributed by atoms with Crippen LogP contribution in [0.1, 0.15) is 21.8 Å². The molecule has 0 spiro atoms. The summed E-state index contributed by atoms with van der Waals surface area (Å²) < 4.78 is 6.74. The van der Waals surface area contributed by atoms with Crippen molar-refractivity contribution in [2.45, 2.75) is 13.5 Å². The average Bonchev–Trinajstić information content (AvgIpc) is 2.93. The topological polar surface area (TPSA) is 85.3 Å². The van der Waals surface area contributed by atoms with E-state index in [9.17, 15) is 9.59 Å². The maximum atomic E-state index is 12.3. The summed E-state index contributed by atoms with van der Waals surface area (Å²) in [5, 5.41) is 8.90. The number of carboxylic acids is 1. The number of fused-ring (bicyclic) bond motifs is 1. The van der Waals surface area contributed by atoms with Gasteiger partial charge in [0.2, 0.25) is 0 Å². The minimum absolute atomic E-state index is 0.0631. The second-order valence-corrected chi connectivity index (χ2v) is 4.68. The maximum absolute atomic E-state index is 12.3. The number of carbonyl (C=O) groups is 1. The molecule has 0 unspecified atom stereocenters. The van der Waals surface area contributed by atoms with Crippen LogP contribution < -0.4 is 5.56 Å². The highest BCUT2D eigenvalue weighted by Crippen LogP contribution is 2.14. The Morgan fingerprint density at radius 3 is 2.86 bits per heavy atom. The molecule has 6 nitrogen and oxygen atoms in total. The first-order chi connectivity index (χ1) is 10.1. The number of nitrogens with zero attached hydrogens (tertiary/aromatic N) is 2. The molecule has 0 atom stereocenters. The highest BCUT2D eigenvalue weighted by molar-refractivity contribution is 5.87. The Bertz CT molecular complexity index is 892. The van der Waals surface area contributed by atoms with Gasteiger partial charge in [-0.1, -0.05) is 12.1 Å². The highest BCUT2D eigenvalue weighted by Gasteiger charge is 2.12. The number of rotatable bonds is 3. The molecule has 1 N–H and O–H groups in total. The molecule has 3 aromatic rings. The van der Waals surface area contributed by atoms with Gasteiger partial charge in [-0.05, 0) is 25.1 Å². The molecule has 0 amide bonds. The van der Waals surface area contributed by atoms with E-state index >= 15 is 0 Å². The average molecular weight is 284 g/mol. The lowest BCUT2D eigenvalue weighted by atomic mass is 10.2. The van der Waals surface area contributed by atoms with Gasteiger partial charge in [0.15, 0.2) is 0 Å². The summed E-state index contributed by atoms with van der Waals surface area (Å²) in [4.78, 5) is 27.4. The SMILES string of the molecule is Cc1nc2ccccc2n(Cc2cc(C(=O)O)co2)c1=O. The first-order valence-corrected chi connectivity index (χ1v) is 6.33. The molecule has 0 saturated heterocycles. The second-order valence-electron chi connectivity index (χ2n) is 4.68. The van der Waals surface area contributed by atoms with Crippen LogP contribution >= 0.6 is 0 Å². The number of aromatic carboxylic acids is 1. The summed E-state index contributed by atoms with van der Waals surface area (Å²) in [6.45, 7) is 1.81. The molecule has 0 bridgehead atoms. The maximum Gasteiger partial charge on any atom is 0.338 e. The van der Waals surface area contributed by atoms with Gasteiger partial charge in [0.05, 0.1) is 23.1 Å². The van der Waals surface area contributed by atoms with Crippen molar-refractivity contribution in [3.8, 4) is 0 Å². The fourth-order valence-corrected chi connectivity index (χ4v) is 2.21. The molecule has 21 heavy (non-hydrogen) atoms.